The summed E-state index contributed by atoms with van der Waals surface area (Å²) in [6.45, 7) is 0. The molecule has 0 aromatic rings. The van der Waals surface area contributed by atoms with E-state index >= 15 is 0 Å². The third-order valence-electron chi connectivity index (χ3n) is 0.398. The molecule has 0 aromatic carbocycles. The third kappa shape index (κ3) is 0.831. The van der Waals surface area contributed by atoms with Crippen molar-refractivity contribution in [2.75, 3.05) is 0 Å². The first-order valence-corrected chi connectivity index (χ1v) is 6.55. The van der Waals surface area contributed by atoms with Gasteiger partial charge in [0.15, 0.2) is 0 Å². The Morgan fingerprint density at radius 2 is 2.00 bits per heavy atom. The fraction of sp³-hybridized carbons (Fsp3) is 0. The van der Waals surface area contributed by atoms with Crippen molar-refractivity contribution >= 4 is 33.2 Å². The smallest absolute Gasteiger partial charge is 0.379 e. The van der Waals surface area contributed by atoms with Crippen molar-refractivity contribution < 1.29 is 8.23 Å². The van der Waals surface area contributed by atoms with Gasteiger partial charge in [0, 0.05) is 0 Å². The summed E-state index contributed by atoms with van der Waals surface area (Å²) in [7, 11) is -1.52. The molecule has 2 nitrogen and oxygen atoms in total. The van der Waals surface area contributed by atoms with E-state index in [-0.39, 0.29) is 0 Å². The van der Waals surface area contributed by atoms with Gasteiger partial charge in [0.05, 0.1) is 0 Å². The monoisotopic (exact) mass is 170 g/mol. The molecule has 0 spiro atoms. The molecule has 0 radical (unpaired) electrons. The van der Waals surface area contributed by atoms with Gasteiger partial charge in [-0.2, -0.15) is 0 Å². The average Bonchev–Trinajstić information content (AvgIpc) is 1.30. The predicted octanol–water partition coefficient (Wildman–Crippen LogP) is -0.856. The highest BCUT2D eigenvalue weighted by Crippen LogP contribution is 2.03. The van der Waals surface area contributed by atoms with Gasteiger partial charge in [-0.05, 0) is 0 Å². The predicted molar refractivity (Wildman–Crippen MR) is 26.8 cm³/mol. The number of hydrogen-bond donors (Lipinski definition) is 0. The molecule has 1 rings (SSSR count). The molecule has 0 aromatic heterocycles. The Morgan fingerprint density at radius 1 is 1.60 bits per heavy atom. The minimum absolute atomic E-state index is 0.428. The Hall–Kier alpha value is 0.834. The highest BCUT2D eigenvalue weighted by molar-refractivity contribution is 9.24. The van der Waals surface area contributed by atoms with Crippen LogP contribution in [-0.4, -0.2) is 17.9 Å². The van der Waals surface area contributed by atoms with Crippen molar-refractivity contribution in [3.8, 4) is 0 Å². The molecule has 0 amide bonds. The molecule has 1 saturated heterocycles. The van der Waals surface area contributed by atoms with Gasteiger partial charge >= 0.3 is 7.90 Å². The van der Waals surface area contributed by atoms with E-state index in [0.29, 0.717) is 0 Å². The molecule has 1 aliphatic heterocycles. The maximum Gasteiger partial charge on any atom is 0.379 e. The van der Waals surface area contributed by atoms with Gasteiger partial charge < -0.3 is 8.23 Å². The molecular formula is H3BrO2Si2. The third-order valence-corrected chi connectivity index (χ3v) is 8.34. The van der Waals surface area contributed by atoms with E-state index in [1.54, 1.807) is 0 Å². The molecule has 0 aliphatic carbocycles. The Bertz CT molecular complexity index is 34.6. The summed E-state index contributed by atoms with van der Waals surface area (Å²) in [4.78, 5) is 0. The fourth-order valence-corrected chi connectivity index (χ4v) is 3.02. The zero-order valence-electron chi connectivity index (χ0n) is 2.48. The van der Waals surface area contributed by atoms with Crippen molar-refractivity contribution in [2.24, 2.45) is 0 Å². The Morgan fingerprint density at radius 3 is 2.00 bits per heavy atom. The average molecular weight is 171 g/mol. The van der Waals surface area contributed by atoms with Crippen LogP contribution in [0.25, 0.3) is 0 Å². The van der Waals surface area contributed by atoms with Crippen molar-refractivity contribution in [1.29, 1.82) is 0 Å². The lowest BCUT2D eigenvalue weighted by atomic mass is 15.7. The van der Waals surface area contributed by atoms with E-state index in [2.05, 4.69) is 15.3 Å². The zero-order chi connectivity index (χ0) is 3.70. The van der Waals surface area contributed by atoms with Crippen LogP contribution in [0.1, 0.15) is 0 Å². The van der Waals surface area contributed by atoms with Crippen LogP contribution in [-0.2, 0) is 8.23 Å². The van der Waals surface area contributed by atoms with E-state index in [9.17, 15) is 0 Å². The summed E-state index contributed by atoms with van der Waals surface area (Å²) < 4.78 is 9.81. The van der Waals surface area contributed by atoms with E-state index < -0.39 is 17.9 Å². The lowest BCUT2D eigenvalue weighted by Crippen LogP contribution is -2.32. The fourth-order valence-electron chi connectivity index (χ4n) is 0.119. The minimum Gasteiger partial charge on any atom is -0.414 e. The molecule has 0 bridgehead atoms. The number of rotatable bonds is 0. The Kier molecular flexibility index (Phi) is 1.22. The standard InChI is InChI=1S/BrH3O2Si2/c1-5-2-4-3-5/h5H,4H2. The largest absolute Gasteiger partial charge is 0.414 e. The molecule has 30 valence electrons. The van der Waals surface area contributed by atoms with E-state index in [1.807, 2.05) is 0 Å². The maximum atomic E-state index is 4.90. The Balaban J connectivity index is 2.08. The molecule has 0 atom stereocenters. The molecule has 5 heavy (non-hydrogen) atoms. The van der Waals surface area contributed by atoms with Crippen LogP contribution in [0.5, 0.6) is 0 Å². The van der Waals surface area contributed by atoms with Crippen LogP contribution >= 0.6 is 15.3 Å². The summed E-state index contributed by atoms with van der Waals surface area (Å²) >= 11 is 3.19. The zero-order valence-corrected chi connectivity index (χ0v) is 6.63. The van der Waals surface area contributed by atoms with Crippen LogP contribution in [0.15, 0.2) is 0 Å². The summed E-state index contributed by atoms with van der Waals surface area (Å²) in [5.74, 6) is 0. The van der Waals surface area contributed by atoms with Gasteiger partial charge in [-0.1, -0.05) is 15.3 Å². The van der Waals surface area contributed by atoms with Gasteiger partial charge in [0.25, 0.3) is 10.0 Å². The van der Waals surface area contributed by atoms with Crippen LogP contribution in [0, 0.1) is 0 Å². The second-order valence-electron chi connectivity index (χ2n) is 0.726. The highest BCUT2D eigenvalue weighted by atomic mass is 79.9. The van der Waals surface area contributed by atoms with Crippen molar-refractivity contribution in [1.82, 2.24) is 0 Å². The highest BCUT2D eigenvalue weighted by Gasteiger charge is 2.16. The summed E-state index contributed by atoms with van der Waals surface area (Å²) in [6.07, 6.45) is 0. The second-order valence-corrected chi connectivity index (χ2v) is 6.42. The van der Waals surface area contributed by atoms with Gasteiger partial charge in [0.1, 0.15) is 0 Å². The topological polar surface area (TPSA) is 18.5 Å². The van der Waals surface area contributed by atoms with E-state index in [1.165, 1.54) is 0 Å². The summed E-state index contributed by atoms with van der Waals surface area (Å²) in [6, 6.07) is 0. The molecule has 0 unspecified atom stereocenters. The molecule has 1 heterocycles. The first-order valence-electron chi connectivity index (χ1n) is 1.27. The molecule has 5 heteroatoms. The van der Waals surface area contributed by atoms with Crippen molar-refractivity contribution in [3.05, 3.63) is 0 Å². The molecule has 0 N–H and O–H groups in total. The van der Waals surface area contributed by atoms with Crippen LogP contribution in [0.4, 0.5) is 0 Å². The lowest BCUT2D eigenvalue weighted by molar-refractivity contribution is 0.339. The summed E-state index contributed by atoms with van der Waals surface area (Å²) in [5, 5.41) is 0. The summed E-state index contributed by atoms with van der Waals surface area (Å²) in [5.41, 5.74) is 0. The first-order chi connectivity index (χ1) is 2.39. The van der Waals surface area contributed by atoms with Crippen LogP contribution < -0.4 is 0 Å². The number of halogens is 1. The second kappa shape index (κ2) is 1.52. The molecule has 0 saturated carbocycles. The van der Waals surface area contributed by atoms with Gasteiger partial charge in [0.2, 0.25) is 0 Å². The Labute approximate surface area is 42.0 Å². The van der Waals surface area contributed by atoms with Crippen molar-refractivity contribution in [3.63, 3.8) is 0 Å². The first kappa shape index (κ1) is 4.01. The molecular weight excluding hydrogens is 168 g/mol. The van der Waals surface area contributed by atoms with Crippen molar-refractivity contribution in [2.45, 2.75) is 0 Å². The van der Waals surface area contributed by atoms with Crippen LogP contribution in [0.2, 0.25) is 0 Å². The van der Waals surface area contributed by atoms with E-state index in [0.717, 1.165) is 0 Å². The van der Waals surface area contributed by atoms with Gasteiger partial charge in [-0.3, -0.25) is 0 Å². The van der Waals surface area contributed by atoms with Crippen LogP contribution in [0.3, 0.4) is 0 Å². The number of hydrogen-bond acceptors (Lipinski definition) is 2. The van der Waals surface area contributed by atoms with E-state index in [4.69, 9.17) is 8.23 Å². The quantitative estimate of drug-likeness (QED) is 0.349. The molecule has 1 aliphatic rings. The van der Waals surface area contributed by atoms with Gasteiger partial charge in [-0.15, -0.1) is 0 Å². The normalized spacial score (nSPS) is 41.4. The lowest BCUT2D eigenvalue weighted by Gasteiger charge is -2.18. The van der Waals surface area contributed by atoms with Gasteiger partial charge in [-0.25, -0.2) is 0 Å². The molecule has 1 fully saturated rings. The minimum atomic E-state index is -1.09. The maximum absolute atomic E-state index is 4.90. The SMILES string of the molecule is Br[SiH]1O[SiH2]O1.